The smallest absolute Gasteiger partial charge is 0.430 e. The Morgan fingerprint density at radius 1 is 1.03 bits per heavy atom. The maximum absolute atomic E-state index is 13.9. The van der Waals surface area contributed by atoms with E-state index in [2.05, 4.69) is 5.32 Å². The third kappa shape index (κ3) is 3.94. The molecule has 2 aromatic rings. The number of carbonyl (C=O) groups is 2. The van der Waals surface area contributed by atoms with Gasteiger partial charge in [-0.15, -0.1) is 0 Å². The fourth-order valence-corrected chi connectivity index (χ4v) is 5.16. The minimum absolute atomic E-state index is 0.0402. The lowest BCUT2D eigenvalue weighted by Gasteiger charge is -2.50. The number of amides is 2. The molecule has 2 saturated heterocycles. The van der Waals surface area contributed by atoms with E-state index in [1.807, 2.05) is 0 Å². The zero-order valence-electron chi connectivity index (χ0n) is 17.8. The summed E-state index contributed by atoms with van der Waals surface area (Å²) in [5.74, 6) is -1.75. The van der Waals surface area contributed by atoms with Gasteiger partial charge in [0.05, 0.1) is 0 Å². The third-order valence-electron chi connectivity index (χ3n) is 7.03. The molecule has 0 unspecified atom stereocenters. The summed E-state index contributed by atoms with van der Waals surface area (Å²) in [7, 11) is 0. The summed E-state index contributed by atoms with van der Waals surface area (Å²) in [6.45, 7) is 0.212. The molecule has 3 N–H and O–H groups in total. The van der Waals surface area contributed by atoms with Gasteiger partial charge >= 0.3 is 6.18 Å². The zero-order chi connectivity index (χ0) is 23.9. The second-order valence-electron chi connectivity index (χ2n) is 8.82. The van der Waals surface area contributed by atoms with Crippen molar-refractivity contribution in [2.24, 2.45) is 5.41 Å². The maximum atomic E-state index is 13.9. The van der Waals surface area contributed by atoms with Crippen LogP contribution in [0.4, 0.5) is 13.2 Å². The van der Waals surface area contributed by atoms with Crippen LogP contribution in [-0.4, -0.2) is 52.7 Å². The first-order valence-electron chi connectivity index (χ1n) is 10.8. The zero-order valence-corrected chi connectivity index (χ0v) is 17.8. The SMILES string of the molecule is O=C1CC2(CCN(C(=O)[C@](O)(c3ccccc3)C(F)(F)F)CC2)[C@H](c2ccccc2O)CN1. The molecule has 0 aromatic heterocycles. The van der Waals surface area contributed by atoms with E-state index in [1.165, 1.54) is 18.2 Å². The number of halogens is 3. The minimum atomic E-state index is -5.20. The number of phenols is 1. The first-order valence-corrected chi connectivity index (χ1v) is 10.8. The van der Waals surface area contributed by atoms with E-state index in [9.17, 15) is 33.0 Å². The van der Waals surface area contributed by atoms with E-state index in [-0.39, 0.29) is 49.9 Å². The van der Waals surface area contributed by atoms with Crippen LogP contribution in [0.5, 0.6) is 5.75 Å². The van der Waals surface area contributed by atoms with Crippen molar-refractivity contribution in [3.05, 3.63) is 65.7 Å². The number of rotatable bonds is 3. The summed E-state index contributed by atoms with van der Waals surface area (Å²) >= 11 is 0. The molecule has 6 nitrogen and oxygen atoms in total. The quantitative estimate of drug-likeness (QED) is 0.654. The van der Waals surface area contributed by atoms with Crippen molar-refractivity contribution in [1.29, 1.82) is 0 Å². The summed E-state index contributed by atoms with van der Waals surface area (Å²) in [5, 5.41) is 23.8. The molecular weight excluding hydrogens is 437 g/mol. The largest absolute Gasteiger partial charge is 0.508 e. The average Bonchev–Trinajstić information content (AvgIpc) is 2.79. The molecule has 2 amide bonds. The number of carbonyl (C=O) groups excluding carboxylic acids is 2. The average molecular weight is 462 g/mol. The normalized spacial score (nSPS) is 22.5. The summed E-state index contributed by atoms with van der Waals surface area (Å²) in [6.07, 6.45) is -4.51. The van der Waals surface area contributed by atoms with Crippen LogP contribution in [-0.2, 0) is 15.2 Å². The van der Waals surface area contributed by atoms with Crippen molar-refractivity contribution < 1.29 is 33.0 Å². The second kappa shape index (κ2) is 8.37. The van der Waals surface area contributed by atoms with Crippen LogP contribution in [0.25, 0.3) is 0 Å². The summed E-state index contributed by atoms with van der Waals surface area (Å²) in [6, 6.07) is 13.1. The summed E-state index contributed by atoms with van der Waals surface area (Å²) in [4.78, 5) is 26.3. The lowest BCUT2D eigenvalue weighted by atomic mass is 9.62. The number of aromatic hydroxyl groups is 1. The van der Waals surface area contributed by atoms with Gasteiger partial charge in [-0.05, 0) is 29.9 Å². The molecule has 2 aliphatic heterocycles. The number of nitrogens with one attached hydrogen (secondary N) is 1. The predicted octanol–water partition coefficient (Wildman–Crippen LogP) is 3.05. The van der Waals surface area contributed by atoms with Crippen molar-refractivity contribution in [1.82, 2.24) is 10.2 Å². The molecule has 2 fully saturated rings. The molecule has 0 radical (unpaired) electrons. The molecule has 2 aromatic carbocycles. The lowest BCUT2D eigenvalue weighted by Crippen LogP contribution is -2.59. The fraction of sp³-hybridized carbons (Fsp3) is 0.417. The van der Waals surface area contributed by atoms with Gasteiger partial charge in [-0.3, -0.25) is 9.59 Å². The van der Waals surface area contributed by atoms with E-state index in [4.69, 9.17) is 0 Å². The molecule has 2 atom stereocenters. The summed E-state index contributed by atoms with van der Waals surface area (Å²) < 4.78 is 41.8. The number of piperidine rings is 2. The minimum Gasteiger partial charge on any atom is -0.508 e. The van der Waals surface area contributed by atoms with Gasteiger partial charge in [0.25, 0.3) is 11.5 Å². The van der Waals surface area contributed by atoms with Gasteiger partial charge in [-0.2, -0.15) is 13.2 Å². The maximum Gasteiger partial charge on any atom is 0.430 e. The van der Waals surface area contributed by atoms with E-state index in [0.717, 1.165) is 17.0 Å². The van der Waals surface area contributed by atoms with Crippen molar-refractivity contribution in [3.63, 3.8) is 0 Å². The number of benzene rings is 2. The van der Waals surface area contributed by atoms with Crippen LogP contribution in [0, 0.1) is 5.41 Å². The van der Waals surface area contributed by atoms with E-state index >= 15 is 0 Å². The van der Waals surface area contributed by atoms with E-state index < -0.39 is 28.7 Å². The Morgan fingerprint density at radius 3 is 2.24 bits per heavy atom. The fourth-order valence-electron chi connectivity index (χ4n) is 5.16. The van der Waals surface area contributed by atoms with Crippen molar-refractivity contribution in [2.45, 2.75) is 37.0 Å². The van der Waals surface area contributed by atoms with Gasteiger partial charge < -0.3 is 20.4 Å². The predicted molar refractivity (Wildman–Crippen MR) is 113 cm³/mol. The van der Waals surface area contributed by atoms with E-state index in [0.29, 0.717) is 12.1 Å². The van der Waals surface area contributed by atoms with E-state index in [1.54, 1.807) is 24.3 Å². The Bertz CT molecular complexity index is 1040. The Labute approximate surface area is 189 Å². The number of nitrogens with zero attached hydrogens (tertiary/aromatic N) is 1. The van der Waals surface area contributed by atoms with Gasteiger partial charge in [-0.25, -0.2) is 0 Å². The number of hydrogen-bond acceptors (Lipinski definition) is 4. The first kappa shape index (κ1) is 23.1. The Morgan fingerprint density at radius 2 is 1.64 bits per heavy atom. The van der Waals surface area contributed by atoms with Crippen molar-refractivity contribution in [3.8, 4) is 5.75 Å². The topological polar surface area (TPSA) is 89.9 Å². The van der Waals surface area contributed by atoms with Crippen LogP contribution in [0.3, 0.4) is 0 Å². The molecular formula is C24H25F3N2O4. The van der Waals surface area contributed by atoms with Crippen molar-refractivity contribution in [2.75, 3.05) is 19.6 Å². The molecule has 9 heteroatoms. The first-order chi connectivity index (χ1) is 15.6. The second-order valence-corrected chi connectivity index (χ2v) is 8.82. The Hall–Kier alpha value is -3.07. The Balaban J connectivity index is 1.61. The number of alkyl halides is 3. The van der Waals surface area contributed by atoms with Crippen LogP contribution in [0.2, 0.25) is 0 Å². The standard InChI is InChI=1S/C24H25F3N2O4/c25-24(26,27)23(33,16-6-2-1-3-7-16)21(32)29-12-10-22(11-13-29)14-20(31)28-15-18(22)17-8-4-5-9-19(17)30/h1-9,18,30,33H,10-15H2,(H,28,31)/t18-,23+/m0/s1. The number of phenolic OH excluding ortho intramolecular Hbond substituents is 1. The number of hydrogen-bond donors (Lipinski definition) is 3. The number of para-hydroxylation sites is 1. The lowest BCUT2D eigenvalue weighted by molar-refractivity contribution is -0.262. The van der Waals surface area contributed by atoms with Gasteiger partial charge in [0, 0.05) is 37.5 Å². The molecule has 4 rings (SSSR count). The highest BCUT2D eigenvalue weighted by Crippen LogP contribution is 2.51. The van der Waals surface area contributed by atoms with Crippen LogP contribution in [0.1, 0.15) is 36.3 Å². The molecule has 2 aliphatic rings. The molecule has 33 heavy (non-hydrogen) atoms. The highest BCUT2D eigenvalue weighted by Gasteiger charge is 2.62. The number of aliphatic hydroxyl groups is 1. The van der Waals surface area contributed by atoms with Gasteiger partial charge in [-0.1, -0.05) is 48.5 Å². The number of likely N-dealkylation sites (tertiary alicyclic amines) is 1. The molecule has 1 spiro atoms. The summed E-state index contributed by atoms with van der Waals surface area (Å²) in [5.41, 5.74) is -4.14. The highest BCUT2D eigenvalue weighted by molar-refractivity contribution is 5.87. The monoisotopic (exact) mass is 462 g/mol. The molecule has 0 aliphatic carbocycles. The highest BCUT2D eigenvalue weighted by atomic mass is 19.4. The molecule has 0 bridgehead atoms. The van der Waals surface area contributed by atoms with Crippen LogP contribution in [0.15, 0.2) is 54.6 Å². The molecule has 176 valence electrons. The van der Waals surface area contributed by atoms with Crippen LogP contribution >= 0.6 is 0 Å². The van der Waals surface area contributed by atoms with Crippen molar-refractivity contribution >= 4 is 11.8 Å². The van der Waals surface area contributed by atoms with Gasteiger partial charge in [0.2, 0.25) is 5.91 Å². The third-order valence-corrected chi connectivity index (χ3v) is 7.03. The molecule has 2 heterocycles. The van der Waals surface area contributed by atoms with Gasteiger partial charge in [0.15, 0.2) is 0 Å². The van der Waals surface area contributed by atoms with Gasteiger partial charge in [0.1, 0.15) is 5.75 Å². The Kier molecular flexibility index (Phi) is 5.86. The molecule has 0 saturated carbocycles. The van der Waals surface area contributed by atoms with Crippen LogP contribution < -0.4 is 5.32 Å².